The highest BCUT2D eigenvalue weighted by molar-refractivity contribution is 9.10. The van der Waals surface area contributed by atoms with Gasteiger partial charge in [-0.2, -0.15) is 0 Å². The van der Waals surface area contributed by atoms with Crippen LogP contribution in [0.25, 0.3) is 0 Å². The Morgan fingerprint density at radius 1 is 1.00 bits per heavy atom. The Bertz CT molecular complexity index is 1430. The maximum absolute atomic E-state index is 14.0. The Labute approximate surface area is 254 Å². The van der Waals surface area contributed by atoms with E-state index in [1.165, 1.54) is 29.2 Å². The zero-order valence-corrected chi connectivity index (χ0v) is 26.4. The van der Waals surface area contributed by atoms with Crippen LogP contribution in [0.1, 0.15) is 37.8 Å². The summed E-state index contributed by atoms with van der Waals surface area (Å²) in [6.07, 6.45) is 1.71. The van der Waals surface area contributed by atoms with Crippen molar-refractivity contribution in [1.82, 2.24) is 10.2 Å². The molecule has 0 spiro atoms. The zero-order chi connectivity index (χ0) is 29.4. The van der Waals surface area contributed by atoms with Crippen LogP contribution in [-0.2, 0) is 26.2 Å². The van der Waals surface area contributed by atoms with Gasteiger partial charge in [0.15, 0.2) is 0 Å². The summed E-state index contributed by atoms with van der Waals surface area (Å²) >= 11 is 16.1. The number of aryl methyl sites for hydroxylation is 1. The molecule has 1 unspecified atom stereocenters. The number of carbonyl (C=O) groups excluding carboxylic acids is 2. The highest BCUT2D eigenvalue weighted by atomic mass is 79.9. The van der Waals surface area contributed by atoms with Gasteiger partial charge in [-0.05, 0) is 62.2 Å². The summed E-state index contributed by atoms with van der Waals surface area (Å²) in [5.41, 5.74) is 1.72. The molecule has 3 aromatic carbocycles. The quantitative estimate of drug-likeness (QED) is 0.221. The van der Waals surface area contributed by atoms with Gasteiger partial charge in [0.2, 0.25) is 11.8 Å². The summed E-state index contributed by atoms with van der Waals surface area (Å²) in [5, 5.41) is 3.01. The molecule has 40 heavy (non-hydrogen) atoms. The first kappa shape index (κ1) is 31.9. The molecule has 0 saturated heterocycles. The van der Waals surface area contributed by atoms with Gasteiger partial charge >= 0.3 is 0 Å². The lowest BCUT2D eigenvalue weighted by Crippen LogP contribution is -2.51. The summed E-state index contributed by atoms with van der Waals surface area (Å²) < 4.78 is 29.6. The summed E-state index contributed by atoms with van der Waals surface area (Å²) in [4.78, 5) is 28.4. The topological polar surface area (TPSA) is 86.8 Å². The van der Waals surface area contributed by atoms with E-state index in [2.05, 4.69) is 21.2 Å². The lowest BCUT2D eigenvalue weighted by atomic mass is 10.1. The molecule has 0 aliphatic carbocycles. The van der Waals surface area contributed by atoms with E-state index in [4.69, 9.17) is 23.2 Å². The van der Waals surface area contributed by atoms with Gasteiger partial charge in [0.1, 0.15) is 12.6 Å². The number of benzene rings is 3. The standard InChI is InChI=1S/C29H32BrCl2N3O4S/c1-4-5-17-33-29(37)21(3)34(18-22-11-13-23(30)14-12-22)27(36)19-35(26-8-6-7-25(31)28(26)32)40(38,39)24-15-9-20(2)10-16-24/h6-16,21H,4-5,17-19H2,1-3H3,(H,33,37). The van der Waals surface area contributed by atoms with E-state index in [9.17, 15) is 18.0 Å². The van der Waals surface area contributed by atoms with Crippen LogP contribution in [0.2, 0.25) is 10.0 Å². The van der Waals surface area contributed by atoms with E-state index in [-0.39, 0.29) is 33.1 Å². The second kappa shape index (κ2) is 14.3. The molecule has 0 saturated carbocycles. The fourth-order valence-corrected chi connectivity index (χ4v) is 6.08. The van der Waals surface area contributed by atoms with Crippen LogP contribution in [0.15, 0.2) is 76.1 Å². The van der Waals surface area contributed by atoms with Crippen molar-refractivity contribution in [2.75, 3.05) is 17.4 Å². The van der Waals surface area contributed by atoms with Crippen LogP contribution in [-0.4, -0.2) is 44.3 Å². The zero-order valence-electron chi connectivity index (χ0n) is 22.5. The van der Waals surface area contributed by atoms with Crippen molar-refractivity contribution in [3.8, 4) is 0 Å². The summed E-state index contributed by atoms with van der Waals surface area (Å²) in [5.74, 6) is -0.902. The molecule has 3 rings (SSSR count). The predicted molar refractivity (Wildman–Crippen MR) is 164 cm³/mol. The average Bonchev–Trinajstić information content (AvgIpc) is 2.93. The van der Waals surface area contributed by atoms with Gasteiger partial charge in [-0.15, -0.1) is 0 Å². The fraction of sp³-hybridized carbons (Fsp3) is 0.310. The van der Waals surface area contributed by atoms with Crippen LogP contribution < -0.4 is 9.62 Å². The lowest BCUT2D eigenvalue weighted by molar-refractivity contribution is -0.139. The number of nitrogens with zero attached hydrogens (tertiary/aromatic N) is 2. The number of halogens is 3. The molecule has 1 atom stereocenters. The smallest absolute Gasteiger partial charge is 0.264 e. The van der Waals surface area contributed by atoms with Crippen LogP contribution in [0.4, 0.5) is 5.69 Å². The average molecular weight is 669 g/mol. The first-order valence-electron chi connectivity index (χ1n) is 12.8. The summed E-state index contributed by atoms with van der Waals surface area (Å²) in [6, 6.07) is 17.4. The van der Waals surface area contributed by atoms with Crippen molar-refractivity contribution in [2.24, 2.45) is 0 Å². The van der Waals surface area contributed by atoms with Crippen molar-refractivity contribution in [3.05, 3.63) is 92.4 Å². The Balaban J connectivity index is 2.04. The van der Waals surface area contributed by atoms with Gasteiger partial charge in [0, 0.05) is 17.6 Å². The van der Waals surface area contributed by atoms with Crippen LogP contribution in [0.5, 0.6) is 0 Å². The summed E-state index contributed by atoms with van der Waals surface area (Å²) in [7, 11) is -4.24. The minimum Gasteiger partial charge on any atom is -0.354 e. The van der Waals surface area contributed by atoms with E-state index in [0.29, 0.717) is 6.54 Å². The Morgan fingerprint density at radius 3 is 2.27 bits per heavy atom. The van der Waals surface area contributed by atoms with Crippen molar-refractivity contribution >= 4 is 66.7 Å². The second-order valence-corrected chi connectivity index (χ2v) is 12.9. The number of rotatable bonds is 12. The SMILES string of the molecule is CCCCNC(=O)C(C)N(Cc1ccc(Br)cc1)C(=O)CN(c1cccc(Cl)c1Cl)S(=O)(=O)c1ccc(C)cc1. The van der Waals surface area contributed by atoms with Gasteiger partial charge in [-0.3, -0.25) is 13.9 Å². The number of unbranched alkanes of at least 4 members (excludes halogenated alkanes) is 1. The Kier molecular flexibility index (Phi) is 11.5. The molecule has 0 radical (unpaired) electrons. The normalized spacial score (nSPS) is 12.1. The predicted octanol–water partition coefficient (Wildman–Crippen LogP) is 6.59. The fourth-order valence-electron chi connectivity index (χ4n) is 3.94. The monoisotopic (exact) mass is 667 g/mol. The lowest BCUT2D eigenvalue weighted by Gasteiger charge is -2.32. The Morgan fingerprint density at radius 2 is 1.65 bits per heavy atom. The molecule has 214 valence electrons. The van der Waals surface area contributed by atoms with Crippen molar-refractivity contribution in [2.45, 2.75) is 51.1 Å². The minimum atomic E-state index is -4.24. The van der Waals surface area contributed by atoms with Crippen LogP contribution in [0, 0.1) is 6.92 Å². The third-order valence-electron chi connectivity index (χ3n) is 6.35. The number of hydrogen-bond donors (Lipinski definition) is 1. The van der Waals surface area contributed by atoms with Gasteiger partial charge < -0.3 is 10.2 Å². The van der Waals surface area contributed by atoms with E-state index in [0.717, 1.165) is 32.7 Å². The number of hydrogen-bond acceptors (Lipinski definition) is 4. The molecule has 0 bridgehead atoms. The maximum Gasteiger partial charge on any atom is 0.264 e. The molecule has 1 N–H and O–H groups in total. The van der Waals surface area contributed by atoms with Gasteiger partial charge in [-0.1, -0.05) is 88.4 Å². The third-order valence-corrected chi connectivity index (χ3v) is 9.46. The molecular weight excluding hydrogens is 637 g/mol. The maximum atomic E-state index is 14.0. The molecular formula is C29H32BrCl2N3O4S. The van der Waals surface area contributed by atoms with Crippen LogP contribution >= 0.6 is 39.1 Å². The van der Waals surface area contributed by atoms with E-state index < -0.39 is 28.5 Å². The van der Waals surface area contributed by atoms with Gasteiger partial charge in [0.05, 0.1) is 20.6 Å². The number of amides is 2. The molecule has 3 aromatic rings. The van der Waals surface area contributed by atoms with Gasteiger partial charge in [0.25, 0.3) is 10.0 Å². The molecule has 0 aliphatic rings. The van der Waals surface area contributed by atoms with E-state index in [1.807, 2.05) is 38.1 Å². The second-order valence-electron chi connectivity index (χ2n) is 9.37. The van der Waals surface area contributed by atoms with E-state index >= 15 is 0 Å². The molecule has 2 amide bonds. The largest absolute Gasteiger partial charge is 0.354 e. The minimum absolute atomic E-state index is 0.00234. The molecule has 11 heteroatoms. The first-order valence-corrected chi connectivity index (χ1v) is 15.8. The van der Waals surface area contributed by atoms with Crippen molar-refractivity contribution in [1.29, 1.82) is 0 Å². The number of nitrogens with one attached hydrogen (secondary N) is 1. The molecule has 0 fully saturated rings. The Hall–Kier alpha value is -2.59. The van der Waals surface area contributed by atoms with Crippen molar-refractivity contribution < 1.29 is 18.0 Å². The van der Waals surface area contributed by atoms with E-state index in [1.54, 1.807) is 25.1 Å². The summed E-state index contributed by atoms with van der Waals surface area (Å²) in [6.45, 7) is 5.46. The molecule has 7 nitrogen and oxygen atoms in total. The molecule has 0 aliphatic heterocycles. The third kappa shape index (κ3) is 8.00. The van der Waals surface area contributed by atoms with Gasteiger partial charge in [-0.25, -0.2) is 8.42 Å². The molecule has 0 aromatic heterocycles. The van der Waals surface area contributed by atoms with Crippen molar-refractivity contribution in [3.63, 3.8) is 0 Å². The van der Waals surface area contributed by atoms with Crippen LogP contribution in [0.3, 0.4) is 0 Å². The number of sulfonamides is 1. The highest BCUT2D eigenvalue weighted by Crippen LogP contribution is 2.35. The highest BCUT2D eigenvalue weighted by Gasteiger charge is 2.33. The number of anilines is 1. The molecule has 0 heterocycles. The first-order chi connectivity index (χ1) is 18.9. The number of carbonyl (C=O) groups is 2.